The molecule has 2 fully saturated rings. The molecule has 4 heterocycles. The van der Waals surface area contributed by atoms with Gasteiger partial charge in [0, 0.05) is 37.9 Å². The van der Waals surface area contributed by atoms with Gasteiger partial charge in [-0.15, -0.1) is 10.2 Å². The number of ether oxygens (including phenoxy) is 1. The zero-order valence-electron chi connectivity index (χ0n) is 15.5. The van der Waals surface area contributed by atoms with Crippen LogP contribution in [0.4, 0.5) is 5.69 Å². The summed E-state index contributed by atoms with van der Waals surface area (Å²) in [4.78, 5) is 7.00. The van der Waals surface area contributed by atoms with E-state index >= 15 is 0 Å². The van der Waals surface area contributed by atoms with Gasteiger partial charge in [-0.1, -0.05) is 0 Å². The Hall–Kier alpha value is -2.97. The minimum atomic E-state index is 0.146. The van der Waals surface area contributed by atoms with Gasteiger partial charge in [0.05, 0.1) is 17.4 Å². The van der Waals surface area contributed by atoms with E-state index in [1.807, 2.05) is 36.5 Å². The van der Waals surface area contributed by atoms with Crippen LogP contribution in [-0.4, -0.2) is 47.0 Å². The highest BCUT2D eigenvalue weighted by molar-refractivity contribution is 5.54. The first kappa shape index (κ1) is 17.2. The molecule has 0 bridgehead atoms. The van der Waals surface area contributed by atoms with Crippen LogP contribution in [0.2, 0.25) is 0 Å². The molecule has 2 aliphatic heterocycles. The van der Waals surface area contributed by atoms with Gasteiger partial charge < -0.3 is 24.7 Å². The lowest BCUT2D eigenvalue weighted by Crippen LogP contribution is -2.62. The normalized spacial score (nSPS) is 18.5. The van der Waals surface area contributed by atoms with E-state index in [4.69, 9.17) is 9.15 Å². The Balaban J connectivity index is 1.29. The van der Waals surface area contributed by atoms with Crippen LogP contribution in [0.25, 0.3) is 11.5 Å². The largest absolute Gasteiger partial charge is 0.439 e. The minimum absolute atomic E-state index is 0.146. The molecule has 0 unspecified atom stereocenters. The molecule has 3 aromatic rings. The van der Waals surface area contributed by atoms with Crippen LogP contribution in [0.3, 0.4) is 0 Å². The monoisotopic (exact) mass is 378 g/mol. The first-order valence-corrected chi connectivity index (χ1v) is 9.52. The summed E-state index contributed by atoms with van der Waals surface area (Å²) < 4.78 is 11.1. The molecule has 0 aliphatic carbocycles. The topological polar surface area (TPSA) is 88.3 Å². The van der Waals surface area contributed by atoms with Crippen molar-refractivity contribution in [3.05, 3.63) is 49.0 Å². The van der Waals surface area contributed by atoms with Crippen molar-refractivity contribution in [2.75, 3.05) is 31.2 Å². The quantitative estimate of drug-likeness (QED) is 0.716. The second-order valence-electron chi connectivity index (χ2n) is 7.23. The van der Waals surface area contributed by atoms with Crippen molar-refractivity contribution >= 4 is 5.69 Å². The van der Waals surface area contributed by atoms with E-state index < -0.39 is 0 Å². The molecule has 28 heavy (non-hydrogen) atoms. The Morgan fingerprint density at radius 3 is 2.64 bits per heavy atom. The average Bonchev–Trinajstić information content (AvgIpc) is 3.41. The summed E-state index contributed by atoms with van der Waals surface area (Å²) in [5, 5.41) is 14.5. The second kappa shape index (κ2) is 7.21. The van der Waals surface area contributed by atoms with Gasteiger partial charge in [0.2, 0.25) is 18.2 Å². The molecular formula is C20H22N6O2. The first-order chi connectivity index (χ1) is 13.8. The van der Waals surface area contributed by atoms with E-state index in [2.05, 4.69) is 36.8 Å². The number of benzene rings is 1. The number of pyridine rings is 1. The standard InChI is InChI=1S/C20H22N6O2/c1-8-20(11-21-13-22-12-20)26(9-1)16-4-7-18(23-10-16)28-17-5-2-15(3-6-17)19-25-24-14-27-19/h2-7,10,14,21-22H,1,8-9,11-13H2. The van der Waals surface area contributed by atoms with Crippen LogP contribution in [0.5, 0.6) is 11.6 Å². The predicted molar refractivity (Wildman–Crippen MR) is 104 cm³/mol. The van der Waals surface area contributed by atoms with Crippen LogP contribution in [0.15, 0.2) is 53.4 Å². The molecule has 144 valence electrons. The van der Waals surface area contributed by atoms with E-state index in [1.54, 1.807) is 0 Å². The van der Waals surface area contributed by atoms with E-state index in [0.717, 1.165) is 37.6 Å². The van der Waals surface area contributed by atoms with Crippen molar-refractivity contribution in [1.82, 2.24) is 25.8 Å². The molecule has 2 aromatic heterocycles. The molecule has 1 aromatic carbocycles. The maximum Gasteiger partial charge on any atom is 0.247 e. The molecular weight excluding hydrogens is 356 g/mol. The third-order valence-electron chi connectivity index (χ3n) is 5.47. The molecule has 0 radical (unpaired) electrons. The van der Waals surface area contributed by atoms with Gasteiger partial charge in [-0.25, -0.2) is 4.98 Å². The minimum Gasteiger partial charge on any atom is -0.439 e. The summed E-state index contributed by atoms with van der Waals surface area (Å²) in [5.74, 6) is 1.77. The van der Waals surface area contributed by atoms with Crippen molar-refractivity contribution < 1.29 is 9.15 Å². The Kier molecular flexibility index (Phi) is 4.42. The Bertz CT molecular complexity index is 905. The number of hydrogen-bond donors (Lipinski definition) is 2. The molecule has 8 nitrogen and oxygen atoms in total. The van der Waals surface area contributed by atoms with Crippen molar-refractivity contribution in [3.63, 3.8) is 0 Å². The molecule has 2 aliphatic rings. The van der Waals surface area contributed by atoms with Crippen molar-refractivity contribution in [3.8, 4) is 23.1 Å². The highest BCUT2D eigenvalue weighted by Gasteiger charge is 2.41. The summed E-state index contributed by atoms with van der Waals surface area (Å²) in [5.41, 5.74) is 2.14. The van der Waals surface area contributed by atoms with Gasteiger partial charge in [0.15, 0.2) is 0 Å². The van der Waals surface area contributed by atoms with Gasteiger partial charge >= 0.3 is 0 Å². The van der Waals surface area contributed by atoms with Gasteiger partial charge in [-0.2, -0.15) is 0 Å². The summed E-state index contributed by atoms with van der Waals surface area (Å²) in [6.45, 7) is 3.95. The number of nitrogens with one attached hydrogen (secondary N) is 2. The van der Waals surface area contributed by atoms with Crippen LogP contribution in [-0.2, 0) is 0 Å². The number of hydrogen-bond acceptors (Lipinski definition) is 8. The summed E-state index contributed by atoms with van der Waals surface area (Å²) in [6.07, 6.45) is 5.62. The maximum atomic E-state index is 5.88. The summed E-state index contributed by atoms with van der Waals surface area (Å²) >= 11 is 0. The number of aromatic nitrogens is 3. The van der Waals surface area contributed by atoms with Crippen molar-refractivity contribution in [2.24, 2.45) is 0 Å². The average molecular weight is 378 g/mol. The van der Waals surface area contributed by atoms with Gasteiger partial charge in [0.1, 0.15) is 5.75 Å². The molecule has 0 saturated carbocycles. The van der Waals surface area contributed by atoms with Gasteiger partial charge in [0.25, 0.3) is 0 Å². The van der Waals surface area contributed by atoms with Crippen molar-refractivity contribution in [1.29, 1.82) is 0 Å². The zero-order chi connectivity index (χ0) is 18.8. The Morgan fingerprint density at radius 1 is 1.07 bits per heavy atom. The third kappa shape index (κ3) is 3.21. The Morgan fingerprint density at radius 2 is 1.93 bits per heavy atom. The summed E-state index contributed by atoms with van der Waals surface area (Å²) in [6, 6.07) is 11.5. The fourth-order valence-corrected chi connectivity index (χ4v) is 4.13. The van der Waals surface area contributed by atoms with E-state index in [-0.39, 0.29) is 5.54 Å². The summed E-state index contributed by atoms with van der Waals surface area (Å²) in [7, 11) is 0. The number of rotatable bonds is 4. The lowest BCUT2D eigenvalue weighted by molar-refractivity contribution is 0.316. The zero-order valence-corrected chi connectivity index (χ0v) is 15.5. The second-order valence-corrected chi connectivity index (χ2v) is 7.23. The molecule has 8 heteroatoms. The van der Waals surface area contributed by atoms with Crippen molar-refractivity contribution in [2.45, 2.75) is 18.4 Å². The Labute approximate surface area is 162 Å². The third-order valence-corrected chi connectivity index (χ3v) is 5.47. The molecule has 5 rings (SSSR count). The molecule has 1 spiro atoms. The fourth-order valence-electron chi connectivity index (χ4n) is 4.13. The fraction of sp³-hybridized carbons (Fsp3) is 0.350. The maximum absolute atomic E-state index is 5.88. The molecule has 2 saturated heterocycles. The molecule has 0 amide bonds. The molecule has 2 N–H and O–H groups in total. The highest BCUT2D eigenvalue weighted by Crippen LogP contribution is 2.35. The van der Waals surface area contributed by atoms with E-state index in [9.17, 15) is 0 Å². The molecule has 0 atom stereocenters. The lowest BCUT2D eigenvalue weighted by Gasteiger charge is -2.43. The first-order valence-electron chi connectivity index (χ1n) is 9.52. The van der Waals surface area contributed by atoms with Crippen LogP contribution >= 0.6 is 0 Å². The SMILES string of the molecule is c1nnc(-c2ccc(Oc3ccc(N4CCCC45CNCNC5)cn3)cc2)o1. The lowest BCUT2D eigenvalue weighted by atomic mass is 9.94. The predicted octanol–water partition coefficient (Wildman–Crippen LogP) is 2.41. The number of nitrogens with zero attached hydrogens (tertiary/aromatic N) is 4. The van der Waals surface area contributed by atoms with E-state index in [0.29, 0.717) is 17.5 Å². The van der Waals surface area contributed by atoms with Crippen LogP contribution < -0.4 is 20.3 Å². The highest BCUT2D eigenvalue weighted by atomic mass is 16.5. The van der Waals surface area contributed by atoms with Crippen LogP contribution in [0.1, 0.15) is 12.8 Å². The van der Waals surface area contributed by atoms with Crippen LogP contribution in [0, 0.1) is 0 Å². The van der Waals surface area contributed by atoms with Gasteiger partial charge in [-0.3, -0.25) is 0 Å². The van der Waals surface area contributed by atoms with Gasteiger partial charge in [-0.05, 0) is 43.2 Å². The smallest absolute Gasteiger partial charge is 0.247 e. The number of anilines is 1. The van der Waals surface area contributed by atoms with E-state index in [1.165, 1.54) is 19.2 Å².